The van der Waals surface area contributed by atoms with E-state index in [1.54, 1.807) is 12.2 Å². The first kappa shape index (κ1) is 31.5. The molecule has 1 unspecified atom stereocenters. The summed E-state index contributed by atoms with van der Waals surface area (Å²) in [5.41, 5.74) is 0. The number of amides is 1. The number of unbranched alkanes of at least 4 members (excludes halogenated alkanes) is 13. The number of aliphatic hydroxyl groups excluding tert-OH is 4. The van der Waals surface area contributed by atoms with Crippen LogP contribution in [0.2, 0.25) is 0 Å². The van der Waals surface area contributed by atoms with Crippen LogP contribution in [0.4, 0.5) is 0 Å². The number of ether oxygens (including phenoxy) is 1. The Hall–Kier alpha value is -1.51. The van der Waals surface area contributed by atoms with E-state index in [2.05, 4.69) is 18.3 Å². The van der Waals surface area contributed by atoms with Gasteiger partial charge in [-0.2, -0.15) is 0 Å². The maximum Gasteiger partial charge on any atom is 0.244 e. The second-order valence-electron chi connectivity index (χ2n) is 9.47. The largest absolute Gasteiger partial charge is 0.394 e. The summed E-state index contributed by atoms with van der Waals surface area (Å²) in [6.45, 7) is 1.71. The van der Waals surface area contributed by atoms with Gasteiger partial charge in [0.25, 0.3) is 0 Å². The van der Waals surface area contributed by atoms with Crippen molar-refractivity contribution in [2.75, 3.05) is 6.61 Å². The van der Waals surface area contributed by atoms with Crippen molar-refractivity contribution in [1.29, 1.82) is 0 Å². The number of carbonyl (C=O) groups excluding carboxylic acids is 1. The molecule has 1 heterocycles. The number of carbonyl (C=O) groups is 1. The molecule has 0 aliphatic carbocycles. The highest BCUT2D eigenvalue weighted by atomic mass is 16.6. The van der Waals surface area contributed by atoms with E-state index in [0.717, 1.165) is 6.42 Å². The van der Waals surface area contributed by atoms with Crippen LogP contribution in [0.25, 0.3) is 0 Å². The predicted octanol–water partition coefficient (Wildman–Crippen LogP) is 4.05. The number of hydrogen-bond acceptors (Lipinski definition) is 6. The van der Waals surface area contributed by atoms with Gasteiger partial charge < -0.3 is 30.5 Å². The van der Waals surface area contributed by atoms with E-state index < -0.39 is 43.2 Å². The molecule has 0 aromatic carbocycles. The lowest BCUT2D eigenvalue weighted by Gasteiger charge is -2.40. The first-order valence-electron chi connectivity index (χ1n) is 13.6. The maximum atomic E-state index is 12.0. The van der Waals surface area contributed by atoms with Crippen molar-refractivity contribution in [3.8, 4) is 0 Å². The first-order valence-corrected chi connectivity index (χ1v) is 13.6. The van der Waals surface area contributed by atoms with Crippen molar-refractivity contribution >= 4 is 5.91 Å². The van der Waals surface area contributed by atoms with Crippen LogP contribution in [0.1, 0.15) is 96.8 Å². The van der Waals surface area contributed by atoms with Crippen LogP contribution >= 0.6 is 0 Å². The molecule has 0 bridgehead atoms. The third-order valence-corrected chi connectivity index (χ3v) is 6.40. The van der Waals surface area contributed by atoms with E-state index in [1.807, 2.05) is 12.2 Å². The van der Waals surface area contributed by atoms with Gasteiger partial charge in [-0.25, -0.2) is 0 Å². The number of nitrogens with one attached hydrogen (secondary N) is 1. The number of allylic oxidation sites excluding steroid dienone is 5. The highest BCUT2D eigenvalue weighted by Crippen LogP contribution is 2.19. The molecule has 1 aliphatic rings. The molecule has 7 heteroatoms. The molecule has 0 aromatic heterocycles. The second-order valence-corrected chi connectivity index (χ2v) is 9.47. The van der Waals surface area contributed by atoms with Gasteiger partial charge in [0.2, 0.25) is 5.91 Å². The molecule has 202 valence electrons. The summed E-state index contributed by atoms with van der Waals surface area (Å²) >= 11 is 0. The summed E-state index contributed by atoms with van der Waals surface area (Å²) in [5.74, 6) is -0.535. The highest BCUT2D eigenvalue weighted by Gasteiger charge is 2.44. The predicted molar refractivity (Wildman–Crippen MR) is 140 cm³/mol. The van der Waals surface area contributed by atoms with Gasteiger partial charge in [0, 0.05) is 6.08 Å². The molecule has 0 aromatic rings. The van der Waals surface area contributed by atoms with Crippen LogP contribution in [-0.4, -0.2) is 63.6 Å². The van der Waals surface area contributed by atoms with Crippen molar-refractivity contribution in [3.05, 3.63) is 36.5 Å². The van der Waals surface area contributed by atoms with Gasteiger partial charge in [-0.15, -0.1) is 0 Å². The zero-order valence-corrected chi connectivity index (χ0v) is 21.6. The Morgan fingerprint density at radius 2 is 1.31 bits per heavy atom. The summed E-state index contributed by atoms with van der Waals surface area (Å²) in [4.78, 5) is 12.0. The summed E-state index contributed by atoms with van der Waals surface area (Å²) in [6.07, 6.45) is 23.6. The van der Waals surface area contributed by atoms with E-state index in [-0.39, 0.29) is 0 Å². The number of hydrogen-bond donors (Lipinski definition) is 5. The Balaban J connectivity index is 2.03. The fourth-order valence-electron chi connectivity index (χ4n) is 4.19. The minimum absolute atomic E-state index is 0.535. The molecule has 5 N–H and O–H groups in total. The van der Waals surface area contributed by atoms with Gasteiger partial charge in [-0.3, -0.25) is 4.79 Å². The van der Waals surface area contributed by atoms with Crippen molar-refractivity contribution in [2.45, 2.75) is 127 Å². The summed E-state index contributed by atoms with van der Waals surface area (Å²) in [5, 5.41) is 41.2. The lowest BCUT2D eigenvalue weighted by molar-refractivity contribution is -0.253. The van der Waals surface area contributed by atoms with Gasteiger partial charge in [0.1, 0.15) is 24.4 Å². The molecule has 5 atom stereocenters. The normalized spacial score (nSPS) is 25.2. The van der Waals surface area contributed by atoms with Crippen molar-refractivity contribution < 1.29 is 30.0 Å². The van der Waals surface area contributed by atoms with E-state index in [1.165, 1.54) is 89.5 Å². The van der Waals surface area contributed by atoms with Crippen LogP contribution in [-0.2, 0) is 9.53 Å². The minimum Gasteiger partial charge on any atom is -0.394 e. The van der Waals surface area contributed by atoms with Gasteiger partial charge in [0.05, 0.1) is 6.61 Å². The first-order chi connectivity index (χ1) is 17.0. The highest BCUT2D eigenvalue weighted by molar-refractivity contribution is 5.88. The third kappa shape index (κ3) is 14.6. The van der Waals surface area contributed by atoms with Crippen LogP contribution in [0, 0.1) is 0 Å². The Morgan fingerprint density at radius 3 is 1.89 bits per heavy atom. The topological polar surface area (TPSA) is 119 Å². The van der Waals surface area contributed by atoms with Crippen molar-refractivity contribution in [3.63, 3.8) is 0 Å². The zero-order valence-electron chi connectivity index (χ0n) is 21.6. The quantitative estimate of drug-likeness (QED) is 0.105. The fraction of sp³-hybridized carbons (Fsp3) is 0.750. The van der Waals surface area contributed by atoms with E-state index in [4.69, 9.17) is 9.84 Å². The molecule has 1 rings (SSSR count). The Morgan fingerprint density at radius 1 is 0.771 bits per heavy atom. The average molecular weight is 496 g/mol. The lowest BCUT2D eigenvalue weighted by Crippen LogP contribution is -2.64. The number of aliphatic hydroxyl groups is 4. The molecule has 7 nitrogen and oxygen atoms in total. The smallest absolute Gasteiger partial charge is 0.244 e. The average Bonchev–Trinajstić information content (AvgIpc) is 2.85. The fourth-order valence-corrected chi connectivity index (χ4v) is 4.19. The Kier molecular flexibility index (Phi) is 18.6. The lowest BCUT2D eigenvalue weighted by atomic mass is 9.97. The molecular weight excluding hydrogens is 446 g/mol. The molecule has 0 radical (unpaired) electrons. The molecule has 1 fully saturated rings. The van der Waals surface area contributed by atoms with Gasteiger partial charge in [-0.1, -0.05) is 114 Å². The summed E-state index contributed by atoms with van der Waals surface area (Å²) in [6, 6.07) is -1.19. The number of rotatable bonds is 19. The molecular formula is C28H49NO6. The van der Waals surface area contributed by atoms with Crippen molar-refractivity contribution in [2.24, 2.45) is 0 Å². The zero-order chi connectivity index (χ0) is 25.7. The van der Waals surface area contributed by atoms with Crippen LogP contribution in [0.3, 0.4) is 0 Å². The monoisotopic (exact) mass is 495 g/mol. The second kappa shape index (κ2) is 20.7. The molecule has 1 aliphatic heterocycles. The Bertz CT molecular complexity index is 621. The molecule has 0 spiro atoms. The SMILES string of the molecule is CCCCCCCCCCCCCCCC=CC=CC=CC(=O)N[C@H]1C(O)O[C@H](CO)[C@@H](O)[C@@H]1O. The van der Waals surface area contributed by atoms with Crippen LogP contribution in [0.15, 0.2) is 36.5 Å². The van der Waals surface area contributed by atoms with E-state index in [0.29, 0.717) is 0 Å². The molecule has 1 saturated heterocycles. The van der Waals surface area contributed by atoms with E-state index in [9.17, 15) is 20.1 Å². The summed E-state index contributed by atoms with van der Waals surface area (Å²) in [7, 11) is 0. The van der Waals surface area contributed by atoms with Gasteiger partial charge >= 0.3 is 0 Å². The van der Waals surface area contributed by atoms with E-state index >= 15 is 0 Å². The third-order valence-electron chi connectivity index (χ3n) is 6.40. The molecule has 1 amide bonds. The molecule has 35 heavy (non-hydrogen) atoms. The summed E-state index contributed by atoms with van der Waals surface area (Å²) < 4.78 is 5.01. The van der Waals surface area contributed by atoms with Crippen LogP contribution < -0.4 is 5.32 Å². The van der Waals surface area contributed by atoms with Gasteiger partial charge in [-0.05, 0) is 12.8 Å². The molecule has 0 saturated carbocycles. The Labute approximate surface area is 212 Å². The van der Waals surface area contributed by atoms with Gasteiger partial charge in [0.15, 0.2) is 6.29 Å². The minimum atomic E-state index is -1.52. The van der Waals surface area contributed by atoms with Crippen LogP contribution in [0.5, 0.6) is 0 Å². The van der Waals surface area contributed by atoms with Crippen molar-refractivity contribution in [1.82, 2.24) is 5.32 Å². The maximum absolute atomic E-state index is 12.0. The standard InChI is InChI=1S/C28H49NO6/c1-2-3-4-5-6-7-8-9-10-11-12-13-14-15-16-17-18-19-20-21-24(31)29-25-27(33)26(32)23(22-30)35-28(25)34/h16-21,23,25-28,30,32-34H,2-15,22H2,1H3,(H,29,31)/t23-,25-,26-,27-,28?/m1/s1.